The second-order valence-electron chi connectivity index (χ2n) is 7.45. The molecule has 1 aromatic rings. The van der Waals surface area contributed by atoms with Gasteiger partial charge in [0.25, 0.3) is 0 Å². The summed E-state index contributed by atoms with van der Waals surface area (Å²) in [4.78, 5) is 12.6. The van der Waals surface area contributed by atoms with Crippen molar-refractivity contribution in [3.8, 4) is 0 Å². The van der Waals surface area contributed by atoms with Gasteiger partial charge in [-0.3, -0.25) is 4.79 Å². The second kappa shape index (κ2) is 8.49. The van der Waals surface area contributed by atoms with Gasteiger partial charge in [-0.25, -0.2) is 0 Å². The van der Waals surface area contributed by atoms with Crippen molar-refractivity contribution in [1.82, 2.24) is 5.32 Å². The van der Waals surface area contributed by atoms with E-state index in [0.29, 0.717) is 24.3 Å². The van der Waals surface area contributed by atoms with Crippen molar-refractivity contribution in [2.75, 3.05) is 6.54 Å². The number of aliphatic hydroxyl groups excluding tert-OH is 1. The SMILES string of the molecule is CC1CC[C@@H](C(C)C)[C@H](C(=O)NCCc2ccc(CO)cc2)C1. The zero-order chi connectivity index (χ0) is 16.8. The van der Waals surface area contributed by atoms with Crippen molar-refractivity contribution >= 4 is 5.91 Å². The average Bonchev–Trinajstić information content (AvgIpc) is 2.55. The molecule has 1 saturated carbocycles. The molecule has 1 aliphatic carbocycles. The van der Waals surface area contributed by atoms with Crippen LogP contribution in [0.2, 0.25) is 0 Å². The third-order valence-corrected chi connectivity index (χ3v) is 5.28. The number of hydrogen-bond acceptors (Lipinski definition) is 2. The molecule has 1 amide bonds. The lowest BCUT2D eigenvalue weighted by atomic mass is 9.70. The van der Waals surface area contributed by atoms with Crippen LogP contribution >= 0.6 is 0 Å². The average molecular weight is 317 g/mol. The Morgan fingerprint density at radius 2 is 1.87 bits per heavy atom. The van der Waals surface area contributed by atoms with Gasteiger partial charge in [0.15, 0.2) is 0 Å². The third-order valence-electron chi connectivity index (χ3n) is 5.28. The van der Waals surface area contributed by atoms with E-state index in [4.69, 9.17) is 5.11 Å². The molecule has 0 aromatic heterocycles. The second-order valence-corrected chi connectivity index (χ2v) is 7.45. The lowest BCUT2D eigenvalue weighted by Gasteiger charge is -2.36. The quantitative estimate of drug-likeness (QED) is 0.843. The zero-order valence-corrected chi connectivity index (χ0v) is 14.7. The highest BCUT2D eigenvalue weighted by molar-refractivity contribution is 5.79. The summed E-state index contributed by atoms with van der Waals surface area (Å²) in [7, 11) is 0. The fraction of sp³-hybridized carbons (Fsp3) is 0.650. The van der Waals surface area contributed by atoms with Crippen molar-refractivity contribution < 1.29 is 9.90 Å². The molecule has 3 nitrogen and oxygen atoms in total. The predicted octanol–water partition coefficient (Wildman–Crippen LogP) is 3.55. The Morgan fingerprint density at radius 1 is 1.22 bits per heavy atom. The van der Waals surface area contributed by atoms with Crippen molar-refractivity contribution in [3.05, 3.63) is 35.4 Å². The molecule has 2 N–H and O–H groups in total. The molecular formula is C20H31NO2. The van der Waals surface area contributed by atoms with Crippen LogP contribution in [0.5, 0.6) is 0 Å². The van der Waals surface area contributed by atoms with Crippen LogP contribution < -0.4 is 5.32 Å². The molecule has 23 heavy (non-hydrogen) atoms. The molecule has 0 radical (unpaired) electrons. The van der Waals surface area contributed by atoms with Gasteiger partial charge in [-0.2, -0.15) is 0 Å². The molecule has 0 heterocycles. The molecule has 1 fully saturated rings. The maximum atomic E-state index is 12.6. The standard InChI is InChI=1S/C20H31NO2/c1-14(2)18-9-4-15(3)12-19(18)20(23)21-11-10-16-5-7-17(13-22)8-6-16/h5-8,14-15,18-19,22H,4,9-13H2,1-3H3,(H,21,23)/t15?,18-,19+/m0/s1. The molecule has 1 unspecified atom stereocenters. The van der Waals surface area contributed by atoms with Crippen molar-refractivity contribution in [2.45, 2.75) is 53.1 Å². The van der Waals surface area contributed by atoms with Crippen LogP contribution in [0.15, 0.2) is 24.3 Å². The van der Waals surface area contributed by atoms with Gasteiger partial charge in [0.1, 0.15) is 0 Å². The Kier molecular flexibility index (Phi) is 6.64. The third kappa shape index (κ3) is 5.07. The fourth-order valence-electron chi connectivity index (χ4n) is 3.78. The normalized spacial score (nSPS) is 24.7. The van der Waals surface area contributed by atoms with E-state index >= 15 is 0 Å². The van der Waals surface area contributed by atoms with E-state index < -0.39 is 0 Å². The van der Waals surface area contributed by atoms with Crippen molar-refractivity contribution in [1.29, 1.82) is 0 Å². The first kappa shape index (κ1) is 18.0. The number of nitrogens with one attached hydrogen (secondary N) is 1. The van der Waals surface area contributed by atoms with Gasteiger partial charge < -0.3 is 10.4 Å². The van der Waals surface area contributed by atoms with Crippen molar-refractivity contribution in [3.63, 3.8) is 0 Å². The summed E-state index contributed by atoms with van der Waals surface area (Å²) in [6.45, 7) is 7.51. The molecule has 0 aliphatic heterocycles. The number of carbonyl (C=O) groups is 1. The number of benzene rings is 1. The highest BCUT2D eigenvalue weighted by Gasteiger charge is 2.35. The summed E-state index contributed by atoms with van der Waals surface area (Å²) in [5.41, 5.74) is 2.12. The minimum Gasteiger partial charge on any atom is -0.392 e. The first-order chi connectivity index (χ1) is 11.0. The molecule has 3 heteroatoms. The van der Waals surface area contributed by atoms with E-state index in [0.717, 1.165) is 18.4 Å². The Hall–Kier alpha value is -1.35. The number of carbonyl (C=O) groups excluding carboxylic acids is 1. The summed E-state index contributed by atoms with van der Waals surface area (Å²) >= 11 is 0. The summed E-state index contributed by atoms with van der Waals surface area (Å²) in [5.74, 6) is 2.17. The highest BCUT2D eigenvalue weighted by atomic mass is 16.3. The van der Waals surface area contributed by atoms with Crippen LogP contribution in [0.3, 0.4) is 0 Å². The molecule has 3 atom stereocenters. The number of aliphatic hydroxyl groups is 1. The van der Waals surface area contributed by atoms with E-state index in [9.17, 15) is 4.79 Å². The Labute approximate surface area is 140 Å². The largest absolute Gasteiger partial charge is 0.392 e. The number of hydrogen-bond donors (Lipinski definition) is 2. The lowest BCUT2D eigenvalue weighted by molar-refractivity contribution is -0.129. The van der Waals surface area contributed by atoms with Gasteiger partial charge >= 0.3 is 0 Å². The first-order valence-electron chi connectivity index (χ1n) is 8.97. The van der Waals surface area contributed by atoms with Gasteiger partial charge in [-0.15, -0.1) is 0 Å². The summed E-state index contributed by atoms with van der Waals surface area (Å²) in [5, 5.41) is 12.2. The minimum absolute atomic E-state index is 0.0769. The molecular weight excluding hydrogens is 286 g/mol. The Bertz CT molecular complexity index is 495. The predicted molar refractivity (Wildman–Crippen MR) is 93.9 cm³/mol. The fourth-order valence-corrected chi connectivity index (χ4v) is 3.78. The maximum absolute atomic E-state index is 12.6. The molecule has 2 rings (SSSR count). The summed E-state index contributed by atoms with van der Waals surface area (Å²) in [6, 6.07) is 7.93. The van der Waals surface area contributed by atoms with E-state index in [1.54, 1.807) is 0 Å². The van der Waals surface area contributed by atoms with E-state index in [1.807, 2.05) is 24.3 Å². The monoisotopic (exact) mass is 317 g/mol. The summed E-state index contributed by atoms with van der Waals surface area (Å²) in [6.07, 6.45) is 4.30. The van der Waals surface area contributed by atoms with E-state index in [1.165, 1.54) is 18.4 Å². The summed E-state index contributed by atoms with van der Waals surface area (Å²) < 4.78 is 0. The Balaban J connectivity index is 1.84. The molecule has 1 aromatic carbocycles. The van der Waals surface area contributed by atoms with Crippen LogP contribution in [-0.2, 0) is 17.8 Å². The zero-order valence-electron chi connectivity index (χ0n) is 14.7. The van der Waals surface area contributed by atoms with Gasteiger partial charge in [-0.05, 0) is 48.1 Å². The smallest absolute Gasteiger partial charge is 0.223 e. The van der Waals surface area contributed by atoms with Gasteiger partial charge in [0.05, 0.1) is 6.61 Å². The molecule has 0 bridgehead atoms. The van der Waals surface area contributed by atoms with Gasteiger partial charge in [0.2, 0.25) is 5.91 Å². The molecule has 0 spiro atoms. The van der Waals surface area contributed by atoms with Crippen molar-refractivity contribution in [2.24, 2.45) is 23.7 Å². The van der Waals surface area contributed by atoms with Crippen LogP contribution in [0.1, 0.15) is 51.2 Å². The van der Waals surface area contributed by atoms with Crippen LogP contribution in [0.25, 0.3) is 0 Å². The van der Waals surface area contributed by atoms with Crippen LogP contribution in [0.4, 0.5) is 0 Å². The number of rotatable bonds is 6. The highest BCUT2D eigenvalue weighted by Crippen LogP contribution is 2.38. The lowest BCUT2D eigenvalue weighted by Crippen LogP contribution is -2.40. The van der Waals surface area contributed by atoms with Crippen LogP contribution in [-0.4, -0.2) is 17.6 Å². The van der Waals surface area contributed by atoms with E-state index in [2.05, 4.69) is 26.1 Å². The Morgan fingerprint density at radius 3 is 2.48 bits per heavy atom. The van der Waals surface area contributed by atoms with Gasteiger partial charge in [-0.1, -0.05) is 51.5 Å². The molecule has 0 saturated heterocycles. The van der Waals surface area contributed by atoms with Crippen LogP contribution in [0, 0.1) is 23.7 Å². The number of amides is 1. The topological polar surface area (TPSA) is 49.3 Å². The molecule has 128 valence electrons. The minimum atomic E-state index is 0.0769. The maximum Gasteiger partial charge on any atom is 0.223 e. The van der Waals surface area contributed by atoms with Gasteiger partial charge in [0, 0.05) is 12.5 Å². The van der Waals surface area contributed by atoms with E-state index in [-0.39, 0.29) is 18.4 Å². The molecule has 1 aliphatic rings. The first-order valence-corrected chi connectivity index (χ1v) is 8.97.